The Balaban J connectivity index is 2.39. The molecule has 0 fully saturated rings. The van der Waals surface area contributed by atoms with E-state index < -0.39 is 0 Å². The third-order valence-corrected chi connectivity index (χ3v) is 2.69. The van der Waals surface area contributed by atoms with Gasteiger partial charge in [-0.25, -0.2) is 0 Å². The van der Waals surface area contributed by atoms with Crippen LogP contribution in [0.4, 0.5) is 0 Å². The summed E-state index contributed by atoms with van der Waals surface area (Å²) in [4.78, 5) is 22.2. The van der Waals surface area contributed by atoms with Crippen LogP contribution >= 0.6 is 11.8 Å². The lowest BCUT2D eigenvalue weighted by Crippen LogP contribution is -2.27. The SMILES string of the molecule is O=C1/C=C/CNC(=O)CCSCCN1. The third kappa shape index (κ3) is 4.91. The first-order chi connectivity index (χ1) is 6.79. The maximum atomic E-state index is 11.1. The Labute approximate surface area is 87.5 Å². The molecule has 14 heavy (non-hydrogen) atoms. The van der Waals surface area contributed by atoms with E-state index in [1.807, 2.05) is 0 Å². The molecule has 0 spiro atoms. The predicted molar refractivity (Wildman–Crippen MR) is 57.1 cm³/mol. The van der Waals surface area contributed by atoms with Crippen molar-refractivity contribution in [2.24, 2.45) is 0 Å². The first kappa shape index (κ1) is 11.1. The molecule has 0 bridgehead atoms. The first-order valence-corrected chi connectivity index (χ1v) is 5.73. The van der Waals surface area contributed by atoms with E-state index in [9.17, 15) is 9.59 Å². The van der Waals surface area contributed by atoms with Crippen molar-refractivity contribution in [3.8, 4) is 0 Å². The number of hydrogen-bond acceptors (Lipinski definition) is 3. The first-order valence-electron chi connectivity index (χ1n) is 4.58. The van der Waals surface area contributed by atoms with Gasteiger partial charge in [-0.2, -0.15) is 11.8 Å². The Bertz CT molecular complexity index is 241. The van der Waals surface area contributed by atoms with E-state index in [1.54, 1.807) is 17.8 Å². The number of nitrogens with one attached hydrogen (secondary N) is 2. The molecular weight excluding hydrogens is 200 g/mol. The molecule has 78 valence electrons. The fourth-order valence-corrected chi connectivity index (χ4v) is 1.78. The normalized spacial score (nSPS) is 22.6. The van der Waals surface area contributed by atoms with Gasteiger partial charge in [-0.3, -0.25) is 9.59 Å². The van der Waals surface area contributed by atoms with Crippen LogP contribution in [0.2, 0.25) is 0 Å². The van der Waals surface area contributed by atoms with Crippen LogP contribution in [0.15, 0.2) is 12.2 Å². The van der Waals surface area contributed by atoms with E-state index in [4.69, 9.17) is 0 Å². The van der Waals surface area contributed by atoms with Crippen molar-refractivity contribution in [2.45, 2.75) is 6.42 Å². The fourth-order valence-electron chi connectivity index (χ4n) is 0.999. The lowest BCUT2D eigenvalue weighted by atomic mass is 10.4. The lowest BCUT2D eigenvalue weighted by Gasteiger charge is -2.05. The van der Waals surface area contributed by atoms with Crippen molar-refractivity contribution in [1.82, 2.24) is 10.6 Å². The van der Waals surface area contributed by atoms with E-state index in [0.29, 0.717) is 19.5 Å². The Hall–Kier alpha value is -0.970. The van der Waals surface area contributed by atoms with Crippen molar-refractivity contribution in [2.75, 3.05) is 24.6 Å². The van der Waals surface area contributed by atoms with Gasteiger partial charge in [0.1, 0.15) is 0 Å². The standard InChI is InChI=1S/C9H14N2O2S/c12-8-2-1-4-10-9(13)3-6-14-7-5-11-8/h1-2H,3-7H2,(H,10,13)(H,11,12)/b2-1+. The molecule has 0 aliphatic carbocycles. The molecule has 1 aliphatic rings. The van der Waals surface area contributed by atoms with Crippen LogP contribution in [-0.2, 0) is 9.59 Å². The van der Waals surface area contributed by atoms with Crippen LogP contribution in [0.25, 0.3) is 0 Å². The topological polar surface area (TPSA) is 58.2 Å². The van der Waals surface area contributed by atoms with Crippen molar-refractivity contribution in [1.29, 1.82) is 0 Å². The quantitative estimate of drug-likeness (QED) is 0.592. The molecule has 0 saturated heterocycles. The second-order valence-electron chi connectivity index (χ2n) is 2.86. The minimum atomic E-state index is -0.0968. The summed E-state index contributed by atoms with van der Waals surface area (Å²) in [5.74, 6) is 1.61. The Kier molecular flexibility index (Phi) is 5.14. The molecule has 5 heteroatoms. The summed E-state index contributed by atoms with van der Waals surface area (Å²) in [5, 5.41) is 5.45. The zero-order chi connectivity index (χ0) is 10.2. The molecule has 2 amide bonds. The van der Waals surface area contributed by atoms with Crippen molar-refractivity contribution in [3.05, 3.63) is 12.2 Å². The van der Waals surface area contributed by atoms with Gasteiger partial charge in [0.25, 0.3) is 0 Å². The fraction of sp³-hybridized carbons (Fsp3) is 0.556. The largest absolute Gasteiger partial charge is 0.353 e. The molecule has 0 atom stereocenters. The number of carbonyl (C=O) groups is 2. The van der Waals surface area contributed by atoms with Crippen molar-refractivity contribution >= 4 is 23.6 Å². The van der Waals surface area contributed by atoms with E-state index >= 15 is 0 Å². The number of rotatable bonds is 0. The maximum absolute atomic E-state index is 11.1. The number of thioether (sulfide) groups is 1. The lowest BCUT2D eigenvalue weighted by molar-refractivity contribution is -0.120. The molecule has 0 aromatic rings. The van der Waals surface area contributed by atoms with Crippen LogP contribution in [0.5, 0.6) is 0 Å². The molecule has 4 nitrogen and oxygen atoms in total. The molecular formula is C9H14N2O2S. The Morgan fingerprint density at radius 2 is 2.07 bits per heavy atom. The van der Waals surface area contributed by atoms with E-state index in [1.165, 1.54) is 6.08 Å². The molecule has 1 aliphatic heterocycles. The molecule has 0 aromatic heterocycles. The van der Waals surface area contributed by atoms with Gasteiger partial charge in [-0.15, -0.1) is 0 Å². The molecule has 1 rings (SSSR count). The van der Waals surface area contributed by atoms with Crippen molar-refractivity contribution < 1.29 is 9.59 Å². The minimum absolute atomic E-state index is 0.0446. The Morgan fingerprint density at radius 1 is 1.21 bits per heavy atom. The number of hydrogen-bond donors (Lipinski definition) is 2. The average molecular weight is 214 g/mol. The van der Waals surface area contributed by atoms with Gasteiger partial charge in [-0.05, 0) is 0 Å². The van der Waals surface area contributed by atoms with E-state index in [-0.39, 0.29) is 11.8 Å². The molecule has 0 radical (unpaired) electrons. The highest BCUT2D eigenvalue weighted by Crippen LogP contribution is 2.01. The summed E-state index contributed by atoms with van der Waals surface area (Å²) in [6, 6.07) is 0. The van der Waals surface area contributed by atoms with Crippen LogP contribution in [0.1, 0.15) is 6.42 Å². The minimum Gasteiger partial charge on any atom is -0.353 e. The summed E-state index contributed by atoms with van der Waals surface area (Å²) in [5.41, 5.74) is 0. The zero-order valence-electron chi connectivity index (χ0n) is 7.91. The Morgan fingerprint density at radius 3 is 2.93 bits per heavy atom. The van der Waals surface area contributed by atoms with Crippen LogP contribution < -0.4 is 10.6 Å². The summed E-state index contributed by atoms with van der Waals surface area (Å²) in [6.07, 6.45) is 3.65. The van der Waals surface area contributed by atoms with Gasteiger partial charge in [0.2, 0.25) is 11.8 Å². The number of carbonyl (C=O) groups excluding carboxylic acids is 2. The van der Waals surface area contributed by atoms with Crippen LogP contribution in [-0.4, -0.2) is 36.4 Å². The van der Waals surface area contributed by atoms with Gasteiger partial charge in [0.05, 0.1) is 0 Å². The molecule has 0 aromatic carbocycles. The van der Waals surface area contributed by atoms with Gasteiger partial charge in [0.15, 0.2) is 0 Å². The second-order valence-corrected chi connectivity index (χ2v) is 4.08. The molecule has 0 unspecified atom stereocenters. The van der Waals surface area contributed by atoms with Crippen LogP contribution in [0, 0.1) is 0 Å². The van der Waals surface area contributed by atoms with E-state index in [0.717, 1.165) is 11.5 Å². The summed E-state index contributed by atoms with van der Waals surface area (Å²) < 4.78 is 0. The summed E-state index contributed by atoms with van der Waals surface area (Å²) in [7, 11) is 0. The molecule has 1 heterocycles. The average Bonchev–Trinajstić information content (AvgIpc) is 2.16. The maximum Gasteiger partial charge on any atom is 0.243 e. The second kappa shape index (κ2) is 6.48. The molecule has 2 N–H and O–H groups in total. The summed E-state index contributed by atoms with van der Waals surface area (Å²) in [6.45, 7) is 1.09. The van der Waals surface area contributed by atoms with Gasteiger partial charge >= 0.3 is 0 Å². The highest BCUT2D eigenvalue weighted by atomic mass is 32.2. The third-order valence-electron chi connectivity index (χ3n) is 1.71. The van der Waals surface area contributed by atoms with E-state index in [2.05, 4.69) is 10.6 Å². The predicted octanol–water partition coefficient (Wildman–Crippen LogP) is -0.0881. The van der Waals surface area contributed by atoms with Gasteiger partial charge in [0, 0.05) is 37.1 Å². The van der Waals surface area contributed by atoms with Crippen molar-refractivity contribution in [3.63, 3.8) is 0 Å². The zero-order valence-corrected chi connectivity index (χ0v) is 8.73. The number of amides is 2. The smallest absolute Gasteiger partial charge is 0.243 e. The monoisotopic (exact) mass is 214 g/mol. The van der Waals surface area contributed by atoms with Crippen LogP contribution in [0.3, 0.4) is 0 Å². The van der Waals surface area contributed by atoms with Gasteiger partial charge < -0.3 is 10.6 Å². The molecule has 0 saturated carbocycles. The summed E-state index contributed by atoms with van der Waals surface area (Å²) >= 11 is 1.67. The highest BCUT2D eigenvalue weighted by molar-refractivity contribution is 7.99. The van der Waals surface area contributed by atoms with Gasteiger partial charge in [-0.1, -0.05) is 6.08 Å². The highest BCUT2D eigenvalue weighted by Gasteiger charge is 2.01.